The number of hydrogen-bond acceptors (Lipinski definition) is 4. The summed E-state index contributed by atoms with van der Waals surface area (Å²) in [5, 5.41) is 9.51. The average molecular weight is 304 g/mol. The largest absolute Gasteiger partial charge is 0.493 e. The number of ether oxygens (including phenoxy) is 3. The van der Waals surface area contributed by atoms with E-state index in [-0.39, 0.29) is 0 Å². The number of nitriles is 1. The number of benzene rings is 2. The zero-order chi connectivity index (χ0) is 15.1. The minimum absolute atomic E-state index is 0.314. The highest BCUT2D eigenvalue weighted by Crippen LogP contribution is 2.26. The number of halogens is 1. The number of hydrogen-bond donors (Lipinski definition) is 0. The van der Waals surface area contributed by atoms with Gasteiger partial charge >= 0.3 is 0 Å². The van der Waals surface area contributed by atoms with Crippen LogP contribution in [-0.2, 0) is 0 Å². The van der Waals surface area contributed by atoms with Crippen molar-refractivity contribution in [3.8, 4) is 23.3 Å². The zero-order valence-corrected chi connectivity index (χ0v) is 12.3. The summed E-state index contributed by atoms with van der Waals surface area (Å²) >= 11 is 5.83. The Labute approximate surface area is 128 Å². The van der Waals surface area contributed by atoms with Gasteiger partial charge in [-0.3, -0.25) is 0 Å². The maximum absolute atomic E-state index is 9.01. The molecule has 2 aromatic rings. The van der Waals surface area contributed by atoms with Crippen LogP contribution in [-0.4, -0.2) is 20.3 Å². The third-order valence-corrected chi connectivity index (χ3v) is 2.96. The fourth-order valence-electron chi connectivity index (χ4n) is 1.76. The van der Waals surface area contributed by atoms with Gasteiger partial charge in [-0.05, 0) is 30.3 Å². The molecule has 108 valence electrons. The topological polar surface area (TPSA) is 51.5 Å². The van der Waals surface area contributed by atoms with Crippen LogP contribution in [0, 0.1) is 11.3 Å². The Hall–Kier alpha value is -2.38. The average Bonchev–Trinajstić information content (AvgIpc) is 2.52. The van der Waals surface area contributed by atoms with Crippen molar-refractivity contribution in [3.05, 3.63) is 53.1 Å². The first-order valence-electron chi connectivity index (χ1n) is 6.33. The Morgan fingerprint density at radius 2 is 1.67 bits per heavy atom. The Morgan fingerprint density at radius 1 is 1.00 bits per heavy atom. The molecule has 4 nitrogen and oxygen atoms in total. The van der Waals surface area contributed by atoms with Gasteiger partial charge in [-0.1, -0.05) is 23.7 Å². The van der Waals surface area contributed by atoms with Gasteiger partial charge < -0.3 is 14.2 Å². The van der Waals surface area contributed by atoms with E-state index in [1.54, 1.807) is 25.3 Å². The Balaban J connectivity index is 1.89. The molecule has 0 aliphatic heterocycles. The fourth-order valence-corrected chi connectivity index (χ4v) is 1.93. The second-order valence-electron chi connectivity index (χ2n) is 4.10. The fraction of sp³-hybridized carbons (Fsp3) is 0.188. The van der Waals surface area contributed by atoms with Gasteiger partial charge in [-0.25, -0.2) is 0 Å². The second-order valence-corrected chi connectivity index (χ2v) is 4.54. The Bertz CT molecular complexity index is 652. The molecule has 2 rings (SSSR count). The summed E-state index contributed by atoms with van der Waals surface area (Å²) in [6.45, 7) is 0.655. The lowest BCUT2D eigenvalue weighted by Gasteiger charge is -2.11. The number of para-hydroxylation sites is 2. The van der Waals surface area contributed by atoms with Crippen LogP contribution in [0.5, 0.6) is 17.2 Å². The second kappa shape index (κ2) is 7.41. The van der Waals surface area contributed by atoms with E-state index in [1.165, 1.54) is 0 Å². The van der Waals surface area contributed by atoms with Crippen molar-refractivity contribution in [1.82, 2.24) is 0 Å². The predicted molar refractivity (Wildman–Crippen MR) is 80.2 cm³/mol. The van der Waals surface area contributed by atoms with Crippen LogP contribution in [0.1, 0.15) is 5.56 Å². The summed E-state index contributed by atoms with van der Waals surface area (Å²) in [5.41, 5.74) is 0.403. The molecule has 0 N–H and O–H groups in total. The van der Waals surface area contributed by atoms with Gasteiger partial charge in [0.05, 0.1) is 12.7 Å². The predicted octanol–water partition coefficient (Wildman–Crippen LogP) is 3.68. The van der Waals surface area contributed by atoms with Crippen LogP contribution in [0.15, 0.2) is 42.5 Å². The normalized spacial score (nSPS) is 9.76. The number of nitrogens with zero attached hydrogens (tertiary/aromatic N) is 1. The molecule has 0 radical (unpaired) electrons. The minimum Gasteiger partial charge on any atom is -0.493 e. The molecule has 0 atom stereocenters. The molecule has 0 saturated carbocycles. The van der Waals surface area contributed by atoms with E-state index in [0.29, 0.717) is 41.0 Å². The Morgan fingerprint density at radius 3 is 2.33 bits per heavy atom. The molecular weight excluding hydrogens is 290 g/mol. The first-order chi connectivity index (χ1) is 10.2. The monoisotopic (exact) mass is 303 g/mol. The summed E-state index contributed by atoms with van der Waals surface area (Å²) in [6, 6.07) is 14.3. The van der Waals surface area contributed by atoms with Crippen molar-refractivity contribution >= 4 is 11.6 Å². The van der Waals surface area contributed by atoms with Crippen LogP contribution in [0.4, 0.5) is 0 Å². The van der Waals surface area contributed by atoms with Crippen molar-refractivity contribution in [2.24, 2.45) is 0 Å². The van der Waals surface area contributed by atoms with Gasteiger partial charge in [0, 0.05) is 5.02 Å². The summed E-state index contributed by atoms with van der Waals surface area (Å²) < 4.78 is 16.3. The molecule has 2 aromatic carbocycles. The highest BCUT2D eigenvalue weighted by molar-refractivity contribution is 6.30. The summed E-state index contributed by atoms with van der Waals surface area (Å²) in [7, 11) is 1.59. The summed E-state index contributed by atoms with van der Waals surface area (Å²) in [5.74, 6) is 1.81. The summed E-state index contributed by atoms with van der Waals surface area (Å²) in [4.78, 5) is 0. The van der Waals surface area contributed by atoms with Crippen molar-refractivity contribution in [2.75, 3.05) is 20.3 Å². The van der Waals surface area contributed by atoms with Crippen molar-refractivity contribution < 1.29 is 14.2 Å². The highest BCUT2D eigenvalue weighted by atomic mass is 35.5. The molecule has 0 aliphatic rings. The van der Waals surface area contributed by atoms with Crippen molar-refractivity contribution in [2.45, 2.75) is 0 Å². The van der Waals surface area contributed by atoms with Crippen LogP contribution in [0.2, 0.25) is 5.02 Å². The Kier molecular flexibility index (Phi) is 5.30. The molecule has 0 amide bonds. The molecule has 0 spiro atoms. The van der Waals surface area contributed by atoms with Gasteiger partial charge in [0.15, 0.2) is 11.5 Å². The molecule has 5 heteroatoms. The van der Waals surface area contributed by atoms with E-state index in [4.69, 9.17) is 31.1 Å². The number of methoxy groups -OCH3 is 1. The number of rotatable bonds is 6. The minimum atomic E-state index is 0.314. The molecule has 0 unspecified atom stereocenters. The van der Waals surface area contributed by atoms with E-state index in [9.17, 15) is 0 Å². The summed E-state index contributed by atoms with van der Waals surface area (Å²) in [6.07, 6.45) is 0. The van der Waals surface area contributed by atoms with Crippen LogP contribution in [0.25, 0.3) is 0 Å². The van der Waals surface area contributed by atoms with Gasteiger partial charge in [-0.2, -0.15) is 5.26 Å². The third kappa shape index (κ3) is 4.04. The van der Waals surface area contributed by atoms with Crippen LogP contribution >= 0.6 is 11.6 Å². The van der Waals surface area contributed by atoms with Gasteiger partial charge in [0.1, 0.15) is 25.0 Å². The quantitative estimate of drug-likeness (QED) is 0.764. The maximum Gasteiger partial charge on any atom is 0.161 e. The van der Waals surface area contributed by atoms with E-state index < -0.39 is 0 Å². The lowest BCUT2D eigenvalue weighted by Crippen LogP contribution is -2.10. The smallest absolute Gasteiger partial charge is 0.161 e. The van der Waals surface area contributed by atoms with E-state index in [1.807, 2.05) is 30.3 Å². The molecule has 0 fully saturated rings. The zero-order valence-electron chi connectivity index (χ0n) is 11.5. The van der Waals surface area contributed by atoms with Crippen molar-refractivity contribution in [1.29, 1.82) is 5.26 Å². The lowest BCUT2D eigenvalue weighted by molar-refractivity contribution is 0.211. The molecule has 0 aliphatic carbocycles. The van der Waals surface area contributed by atoms with Crippen LogP contribution in [0.3, 0.4) is 0 Å². The SMILES string of the molecule is COc1ccccc1OCCOc1ccc(Cl)cc1C#N. The standard InChI is InChI=1S/C16H14ClNO3/c1-19-15-4-2-3-5-16(15)21-9-8-20-14-7-6-13(17)10-12(14)11-18/h2-7,10H,8-9H2,1H3. The first kappa shape index (κ1) is 15.0. The molecule has 0 saturated heterocycles. The van der Waals surface area contributed by atoms with Crippen molar-refractivity contribution in [3.63, 3.8) is 0 Å². The molecule has 0 bridgehead atoms. The van der Waals surface area contributed by atoms with Crippen LogP contribution < -0.4 is 14.2 Å². The molecule has 21 heavy (non-hydrogen) atoms. The molecular formula is C16H14ClNO3. The van der Waals surface area contributed by atoms with E-state index in [0.717, 1.165) is 0 Å². The van der Waals surface area contributed by atoms with E-state index in [2.05, 4.69) is 0 Å². The van der Waals surface area contributed by atoms with E-state index >= 15 is 0 Å². The maximum atomic E-state index is 9.01. The molecule has 0 aromatic heterocycles. The van der Waals surface area contributed by atoms with Gasteiger partial charge in [0.25, 0.3) is 0 Å². The molecule has 0 heterocycles. The highest BCUT2D eigenvalue weighted by Gasteiger charge is 2.05. The first-order valence-corrected chi connectivity index (χ1v) is 6.70. The van der Waals surface area contributed by atoms with Gasteiger partial charge in [-0.15, -0.1) is 0 Å². The third-order valence-electron chi connectivity index (χ3n) is 2.73. The van der Waals surface area contributed by atoms with Gasteiger partial charge in [0.2, 0.25) is 0 Å². The lowest BCUT2D eigenvalue weighted by atomic mass is 10.2.